The Morgan fingerprint density at radius 2 is 1.91 bits per heavy atom. The highest BCUT2D eigenvalue weighted by molar-refractivity contribution is 7.15. The predicted molar refractivity (Wildman–Crippen MR) is 81.6 cm³/mol. The van der Waals surface area contributed by atoms with Gasteiger partial charge in [-0.05, 0) is 18.4 Å². The molecule has 0 saturated heterocycles. The fourth-order valence-electron chi connectivity index (χ4n) is 2.28. The molecule has 114 valence electrons. The number of nitrogen functional groups attached to an aromatic ring is 1. The van der Waals surface area contributed by atoms with Crippen LogP contribution in [0.25, 0.3) is 0 Å². The molecule has 5 N–H and O–H groups in total. The van der Waals surface area contributed by atoms with Crippen molar-refractivity contribution in [2.24, 2.45) is 11.1 Å². The lowest BCUT2D eigenvalue weighted by atomic mass is 10.0. The topological polar surface area (TPSA) is 124 Å². The van der Waals surface area contributed by atoms with E-state index in [1.165, 1.54) is 11.3 Å². The highest BCUT2D eigenvalue weighted by Gasteiger charge is 2.55. The molecule has 0 spiro atoms. The van der Waals surface area contributed by atoms with E-state index in [0.29, 0.717) is 23.0 Å². The Hall–Kier alpha value is -2.48. The van der Waals surface area contributed by atoms with Gasteiger partial charge in [0.1, 0.15) is 16.5 Å². The lowest BCUT2D eigenvalue weighted by Crippen LogP contribution is -2.42. The van der Waals surface area contributed by atoms with Gasteiger partial charge in [-0.25, -0.2) is 0 Å². The number of carbonyl (C=O) groups excluding carboxylic acids is 2. The third kappa shape index (κ3) is 2.52. The van der Waals surface area contributed by atoms with E-state index in [4.69, 9.17) is 11.5 Å². The molecule has 8 heteroatoms. The molecule has 0 unspecified atom stereocenters. The second kappa shape index (κ2) is 5.38. The van der Waals surface area contributed by atoms with Gasteiger partial charge in [0.2, 0.25) is 16.9 Å². The van der Waals surface area contributed by atoms with Gasteiger partial charge in [-0.3, -0.25) is 9.59 Å². The van der Waals surface area contributed by atoms with Crippen LogP contribution in [0.2, 0.25) is 0 Å². The number of rotatable bonds is 5. The number of primary amides is 1. The number of hydrogen-bond acceptors (Lipinski definition) is 6. The summed E-state index contributed by atoms with van der Waals surface area (Å²) in [4.78, 5) is 23.9. The van der Waals surface area contributed by atoms with Crippen LogP contribution in [0.5, 0.6) is 0 Å². The van der Waals surface area contributed by atoms with Crippen molar-refractivity contribution in [3.8, 4) is 0 Å². The minimum Gasteiger partial charge on any atom is -0.374 e. The third-order valence-electron chi connectivity index (χ3n) is 3.77. The molecule has 1 saturated carbocycles. The van der Waals surface area contributed by atoms with Crippen molar-refractivity contribution < 1.29 is 9.59 Å². The van der Waals surface area contributed by atoms with Gasteiger partial charge in [-0.15, -0.1) is 10.2 Å². The van der Waals surface area contributed by atoms with Crippen molar-refractivity contribution in [2.45, 2.75) is 18.9 Å². The summed E-state index contributed by atoms with van der Waals surface area (Å²) < 4.78 is 0. The Balaban J connectivity index is 1.90. The first-order valence-electron chi connectivity index (χ1n) is 6.77. The lowest BCUT2D eigenvalue weighted by molar-refractivity contribution is -0.135. The first-order chi connectivity index (χ1) is 10.5. The number of nitrogens with zero attached hydrogens (tertiary/aromatic N) is 2. The summed E-state index contributed by atoms with van der Waals surface area (Å²) in [6.07, 6.45) is 0.960. The summed E-state index contributed by atoms with van der Waals surface area (Å²) >= 11 is 1.20. The molecule has 1 fully saturated rings. The molecule has 22 heavy (non-hydrogen) atoms. The van der Waals surface area contributed by atoms with Crippen LogP contribution in [0.4, 0.5) is 5.13 Å². The molecule has 3 rings (SSSR count). The fraction of sp³-hybridized carbons (Fsp3) is 0.286. The highest BCUT2D eigenvalue weighted by atomic mass is 32.1. The van der Waals surface area contributed by atoms with Gasteiger partial charge in [0.15, 0.2) is 0 Å². The second-order valence-corrected chi connectivity index (χ2v) is 6.28. The number of benzene rings is 1. The standard InChI is InChI=1S/C14H15N5O2S/c15-11(20)14(6-7-14)12(21)17-9(8-4-2-1-3-5-8)10-18-19-13(16)22-10/h1-5,9H,6-7H2,(H2,15,20)(H2,16,19)(H,17,21)/t9-/m0/s1. The van der Waals surface area contributed by atoms with E-state index in [1.807, 2.05) is 30.3 Å². The number of nitrogens with one attached hydrogen (secondary N) is 1. The minimum absolute atomic E-state index is 0.321. The zero-order valence-electron chi connectivity index (χ0n) is 11.7. The first kappa shape index (κ1) is 14.5. The van der Waals surface area contributed by atoms with Gasteiger partial charge in [0.25, 0.3) is 0 Å². The van der Waals surface area contributed by atoms with Crippen molar-refractivity contribution in [3.05, 3.63) is 40.9 Å². The molecule has 2 aromatic rings. The predicted octanol–water partition coefficient (Wildman–Crippen LogP) is 0.591. The number of anilines is 1. The van der Waals surface area contributed by atoms with E-state index < -0.39 is 17.4 Å². The summed E-state index contributed by atoms with van der Waals surface area (Å²) in [6.45, 7) is 0. The van der Waals surface area contributed by atoms with E-state index in [1.54, 1.807) is 0 Å². The number of nitrogens with two attached hydrogens (primary N) is 2. The van der Waals surface area contributed by atoms with Crippen molar-refractivity contribution in [1.82, 2.24) is 15.5 Å². The summed E-state index contributed by atoms with van der Waals surface area (Å²) in [5, 5.41) is 11.5. The maximum atomic E-state index is 12.4. The molecule has 0 bridgehead atoms. The quantitative estimate of drug-likeness (QED) is 0.696. The van der Waals surface area contributed by atoms with Gasteiger partial charge in [0.05, 0.1) is 0 Å². The molecule has 1 heterocycles. The highest BCUT2D eigenvalue weighted by Crippen LogP contribution is 2.46. The second-order valence-electron chi connectivity index (χ2n) is 5.24. The van der Waals surface area contributed by atoms with E-state index in [9.17, 15) is 9.59 Å². The lowest BCUT2D eigenvalue weighted by Gasteiger charge is -2.19. The Bertz CT molecular complexity index is 711. The Morgan fingerprint density at radius 3 is 2.41 bits per heavy atom. The van der Waals surface area contributed by atoms with Crippen LogP contribution in [0, 0.1) is 5.41 Å². The molecule has 7 nitrogen and oxygen atoms in total. The normalized spacial score (nSPS) is 16.7. The monoisotopic (exact) mass is 317 g/mol. The SMILES string of the molecule is NC(=O)C1(C(=O)N[C@@H](c2ccccc2)c2nnc(N)s2)CC1. The van der Waals surface area contributed by atoms with Gasteiger partial charge in [-0.2, -0.15) is 0 Å². The molecule has 1 aromatic heterocycles. The molecule has 1 aromatic carbocycles. The average molecular weight is 317 g/mol. The van der Waals surface area contributed by atoms with E-state index >= 15 is 0 Å². The van der Waals surface area contributed by atoms with Crippen LogP contribution in [0.15, 0.2) is 30.3 Å². The van der Waals surface area contributed by atoms with Crippen LogP contribution in [0.1, 0.15) is 29.5 Å². The molecular formula is C14H15N5O2S. The van der Waals surface area contributed by atoms with E-state index in [0.717, 1.165) is 5.56 Å². The van der Waals surface area contributed by atoms with Crippen LogP contribution in [0.3, 0.4) is 0 Å². The molecule has 1 aliphatic rings. The minimum atomic E-state index is -1.08. The summed E-state index contributed by atoms with van der Waals surface area (Å²) in [5.41, 5.74) is 10.7. The zero-order chi connectivity index (χ0) is 15.7. The number of carbonyl (C=O) groups is 2. The molecular weight excluding hydrogens is 302 g/mol. The number of amides is 2. The van der Waals surface area contributed by atoms with Crippen LogP contribution in [-0.2, 0) is 9.59 Å². The van der Waals surface area contributed by atoms with E-state index in [-0.39, 0.29) is 5.91 Å². The first-order valence-corrected chi connectivity index (χ1v) is 7.59. The Kier molecular flexibility index (Phi) is 3.53. The van der Waals surface area contributed by atoms with Crippen molar-refractivity contribution in [2.75, 3.05) is 5.73 Å². The summed E-state index contributed by atoms with van der Waals surface area (Å²) in [5.74, 6) is -0.962. The zero-order valence-corrected chi connectivity index (χ0v) is 12.5. The average Bonchev–Trinajstić information content (AvgIpc) is 3.23. The molecule has 0 radical (unpaired) electrons. The third-order valence-corrected chi connectivity index (χ3v) is 4.59. The molecule has 0 aliphatic heterocycles. The van der Waals surface area contributed by atoms with Gasteiger partial charge in [-0.1, -0.05) is 41.7 Å². The smallest absolute Gasteiger partial charge is 0.236 e. The molecule has 2 amide bonds. The number of aromatic nitrogens is 2. The largest absolute Gasteiger partial charge is 0.374 e. The van der Waals surface area contributed by atoms with Crippen LogP contribution < -0.4 is 16.8 Å². The van der Waals surface area contributed by atoms with Crippen LogP contribution >= 0.6 is 11.3 Å². The van der Waals surface area contributed by atoms with E-state index in [2.05, 4.69) is 15.5 Å². The number of hydrogen-bond donors (Lipinski definition) is 3. The van der Waals surface area contributed by atoms with Gasteiger partial charge < -0.3 is 16.8 Å². The van der Waals surface area contributed by atoms with Crippen molar-refractivity contribution in [1.29, 1.82) is 0 Å². The molecule has 1 atom stereocenters. The van der Waals surface area contributed by atoms with Gasteiger partial charge in [0, 0.05) is 0 Å². The van der Waals surface area contributed by atoms with Crippen LogP contribution in [-0.4, -0.2) is 22.0 Å². The van der Waals surface area contributed by atoms with Crippen molar-refractivity contribution >= 4 is 28.3 Å². The fourth-order valence-corrected chi connectivity index (χ4v) is 2.97. The summed E-state index contributed by atoms with van der Waals surface area (Å²) in [7, 11) is 0. The molecule has 1 aliphatic carbocycles. The maximum absolute atomic E-state index is 12.4. The summed E-state index contributed by atoms with van der Waals surface area (Å²) in [6, 6.07) is 8.83. The van der Waals surface area contributed by atoms with Crippen molar-refractivity contribution in [3.63, 3.8) is 0 Å². The van der Waals surface area contributed by atoms with Gasteiger partial charge >= 0.3 is 0 Å². The Morgan fingerprint density at radius 1 is 1.23 bits per heavy atom. The Labute approximate surface area is 130 Å². The maximum Gasteiger partial charge on any atom is 0.236 e.